The summed E-state index contributed by atoms with van der Waals surface area (Å²) in [6.45, 7) is 9.54. The van der Waals surface area contributed by atoms with Gasteiger partial charge >= 0.3 is 0 Å². The number of rotatable bonds is 5. The van der Waals surface area contributed by atoms with Gasteiger partial charge in [0.2, 0.25) is 5.91 Å². The van der Waals surface area contributed by atoms with Crippen LogP contribution in [0.5, 0.6) is 0 Å². The van der Waals surface area contributed by atoms with E-state index in [1.54, 1.807) is 16.7 Å². The topological polar surface area (TPSA) is 24.8 Å². The van der Waals surface area contributed by atoms with Gasteiger partial charge in [0.05, 0.1) is 32.7 Å². The summed E-state index contributed by atoms with van der Waals surface area (Å²) in [5.74, 6) is 1.20. The van der Waals surface area contributed by atoms with Crippen LogP contribution in [0.1, 0.15) is 18.9 Å². The first-order valence-corrected chi connectivity index (χ1v) is 8.48. The Balaban J connectivity index is 1.69. The van der Waals surface area contributed by atoms with E-state index in [2.05, 4.69) is 38.1 Å². The maximum atomic E-state index is 12.1. The average Bonchev–Trinajstić information content (AvgIpc) is 2.49. The predicted octanol–water partition coefficient (Wildman–Crippen LogP) is 1.22. The van der Waals surface area contributed by atoms with Crippen molar-refractivity contribution in [3.8, 4) is 0 Å². The molecule has 1 fully saturated rings. The van der Waals surface area contributed by atoms with Crippen LogP contribution in [0.4, 0.5) is 0 Å². The van der Waals surface area contributed by atoms with E-state index in [4.69, 9.17) is 0 Å². The molecule has 0 spiro atoms. The lowest BCUT2D eigenvalue weighted by atomic mass is 10.2. The van der Waals surface area contributed by atoms with Crippen molar-refractivity contribution in [1.82, 2.24) is 4.90 Å². The quantitative estimate of drug-likeness (QED) is 0.826. The zero-order valence-electron chi connectivity index (χ0n) is 12.5. The summed E-state index contributed by atoms with van der Waals surface area (Å²) in [7, 11) is 0. The Labute approximate surface area is 126 Å². The van der Waals surface area contributed by atoms with E-state index >= 15 is 0 Å². The molecule has 0 aromatic heterocycles. The summed E-state index contributed by atoms with van der Waals surface area (Å²) in [5.41, 5.74) is 1.28. The number of aryl methyl sites for hydroxylation is 1. The van der Waals surface area contributed by atoms with Gasteiger partial charge in [-0.05, 0) is 26.0 Å². The van der Waals surface area contributed by atoms with Gasteiger partial charge in [-0.3, -0.25) is 4.79 Å². The minimum absolute atomic E-state index is 0.319. The molecule has 1 amide bonds. The Morgan fingerprint density at radius 3 is 2.50 bits per heavy atom. The van der Waals surface area contributed by atoms with Crippen molar-refractivity contribution < 1.29 is 9.69 Å². The van der Waals surface area contributed by atoms with E-state index in [-0.39, 0.29) is 0 Å². The number of nitrogens with zero attached hydrogens (tertiary/aromatic N) is 1. The fraction of sp³-hybridized carbons (Fsp3) is 0.562. The third-order valence-corrected chi connectivity index (χ3v) is 4.94. The number of amides is 1. The molecule has 2 rings (SSSR count). The highest BCUT2D eigenvalue weighted by atomic mass is 32.2. The number of benzene rings is 1. The SMILES string of the molecule is CC[NH+]1CCN(C(=O)CCSc2ccc(C)cc2)CC1. The van der Waals surface area contributed by atoms with E-state index in [9.17, 15) is 4.79 Å². The molecule has 0 bridgehead atoms. The van der Waals surface area contributed by atoms with Gasteiger partial charge in [-0.25, -0.2) is 0 Å². The molecule has 20 heavy (non-hydrogen) atoms. The van der Waals surface area contributed by atoms with Crippen LogP contribution in [-0.4, -0.2) is 49.3 Å². The van der Waals surface area contributed by atoms with Crippen molar-refractivity contribution in [2.45, 2.75) is 25.2 Å². The highest BCUT2D eigenvalue weighted by molar-refractivity contribution is 7.99. The van der Waals surface area contributed by atoms with Crippen molar-refractivity contribution in [2.24, 2.45) is 0 Å². The molecule has 1 heterocycles. The molecule has 1 saturated heterocycles. The van der Waals surface area contributed by atoms with Crippen LogP contribution < -0.4 is 4.90 Å². The number of quaternary nitrogens is 1. The van der Waals surface area contributed by atoms with Crippen LogP contribution in [0, 0.1) is 6.92 Å². The van der Waals surface area contributed by atoms with Crippen molar-refractivity contribution in [1.29, 1.82) is 0 Å². The second-order valence-electron chi connectivity index (χ2n) is 5.40. The molecule has 1 aromatic carbocycles. The van der Waals surface area contributed by atoms with Crippen LogP contribution >= 0.6 is 11.8 Å². The number of nitrogens with one attached hydrogen (secondary N) is 1. The fourth-order valence-corrected chi connectivity index (χ4v) is 3.32. The first-order valence-electron chi connectivity index (χ1n) is 7.50. The summed E-state index contributed by atoms with van der Waals surface area (Å²) in [6.07, 6.45) is 0.653. The smallest absolute Gasteiger partial charge is 0.223 e. The molecule has 0 aliphatic carbocycles. The molecule has 4 heteroatoms. The molecule has 0 radical (unpaired) electrons. The first-order chi connectivity index (χ1) is 9.69. The molecule has 1 N–H and O–H groups in total. The normalized spacial score (nSPS) is 16.4. The van der Waals surface area contributed by atoms with Gasteiger partial charge in [-0.15, -0.1) is 11.8 Å². The molecule has 0 unspecified atom stereocenters. The van der Waals surface area contributed by atoms with Gasteiger partial charge in [0.25, 0.3) is 0 Å². The predicted molar refractivity (Wildman–Crippen MR) is 84.3 cm³/mol. The van der Waals surface area contributed by atoms with Crippen LogP contribution in [0.2, 0.25) is 0 Å². The fourth-order valence-electron chi connectivity index (χ4n) is 2.47. The third kappa shape index (κ3) is 4.53. The Kier molecular flexibility index (Phi) is 5.92. The summed E-state index contributed by atoms with van der Waals surface area (Å²) in [5, 5.41) is 0. The van der Waals surface area contributed by atoms with E-state index in [1.807, 2.05) is 4.90 Å². The van der Waals surface area contributed by atoms with E-state index in [1.165, 1.54) is 17.0 Å². The van der Waals surface area contributed by atoms with Gasteiger partial charge in [0.15, 0.2) is 0 Å². The number of thioether (sulfide) groups is 1. The lowest BCUT2D eigenvalue weighted by Crippen LogP contribution is -3.14. The highest BCUT2D eigenvalue weighted by Gasteiger charge is 2.21. The van der Waals surface area contributed by atoms with Gasteiger partial charge in [0.1, 0.15) is 0 Å². The second kappa shape index (κ2) is 7.70. The van der Waals surface area contributed by atoms with Crippen molar-refractivity contribution >= 4 is 17.7 Å². The average molecular weight is 293 g/mol. The molecule has 1 aliphatic heterocycles. The zero-order chi connectivity index (χ0) is 14.4. The van der Waals surface area contributed by atoms with Crippen LogP contribution in [0.25, 0.3) is 0 Å². The maximum Gasteiger partial charge on any atom is 0.223 e. The number of carbonyl (C=O) groups is 1. The monoisotopic (exact) mass is 293 g/mol. The van der Waals surface area contributed by atoms with Crippen molar-refractivity contribution in [2.75, 3.05) is 38.5 Å². The van der Waals surface area contributed by atoms with Gasteiger partial charge in [-0.1, -0.05) is 17.7 Å². The molecule has 1 aromatic rings. The van der Waals surface area contributed by atoms with Gasteiger partial charge in [-0.2, -0.15) is 0 Å². The summed E-state index contributed by atoms with van der Waals surface area (Å²) >= 11 is 1.77. The number of hydrogen-bond donors (Lipinski definition) is 1. The van der Waals surface area contributed by atoms with E-state index in [0.29, 0.717) is 12.3 Å². The van der Waals surface area contributed by atoms with E-state index in [0.717, 1.165) is 31.9 Å². The zero-order valence-corrected chi connectivity index (χ0v) is 13.3. The molecular weight excluding hydrogens is 268 g/mol. The molecule has 1 aliphatic rings. The first kappa shape index (κ1) is 15.4. The molecule has 0 atom stereocenters. The van der Waals surface area contributed by atoms with Crippen LogP contribution in [0.3, 0.4) is 0 Å². The van der Waals surface area contributed by atoms with Gasteiger partial charge in [0, 0.05) is 17.1 Å². The number of likely N-dealkylation sites (N-methyl/N-ethyl adjacent to an activating group) is 1. The minimum Gasteiger partial charge on any atom is -0.332 e. The standard InChI is InChI=1S/C16H24N2OS/c1-3-17-9-11-18(12-10-17)16(19)8-13-20-15-6-4-14(2)5-7-15/h4-7H,3,8-13H2,1-2H3/p+1. The van der Waals surface area contributed by atoms with E-state index < -0.39 is 0 Å². The molecule has 0 saturated carbocycles. The van der Waals surface area contributed by atoms with Crippen LogP contribution in [-0.2, 0) is 4.79 Å². The Morgan fingerprint density at radius 1 is 1.25 bits per heavy atom. The summed E-state index contributed by atoms with van der Waals surface area (Å²) in [6, 6.07) is 8.51. The molecular formula is C16H25N2OS+. The Hall–Kier alpha value is -1.00. The Bertz CT molecular complexity index is 425. The molecule has 3 nitrogen and oxygen atoms in total. The number of piperazine rings is 1. The maximum absolute atomic E-state index is 12.1. The van der Waals surface area contributed by atoms with Crippen molar-refractivity contribution in [3.63, 3.8) is 0 Å². The van der Waals surface area contributed by atoms with Gasteiger partial charge < -0.3 is 9.80 Å². The lowest BCUT2D eigenvalue weighted by molar-refractivity contribution is -0.902. The number of carbonyl (C=O) groups excluding carboxylic acids is 1. The minimum atomic E-state index is 0.319. The highest BCUT2D eigenvalue weighted by Crippen LogP contribution is 2.19. The Morgan fingerprint density at radius 2 is 1.90 bits per heavy atom. The summed E-state index contributed by atoms with van der Waals surface area (Å²) < 4.78 is 0. The number of hydrogen-bond acceptors (Lipinski definition) is 2. The third-order valence-electron chi connectivity index (χ3n) is 3.93. The van der Waals surface area contributed by atoms with Crippen molar-refractivity contribution in [3.05, 3.63) is 29.8 Å². The largest absolute Gasteiger partial charge is 0.332 e. The summed E-state index contributed by atoms with van der Waals surface area (Å²) in [4.78, 5) is 17.0. The lowest BCUT2D eigenvalue weighted by Gasteiger charge is -2.31. The second-order valence-corrected chi connectivity index (χ2v) is 6.56. The molecule has 110 valence electrons. The van der Waals surface area contributed by atoms with Crippen LogP contribution in [0.15, 0.2) is 29.2 Å².